The summed E-state index contributed by atoms with van der Waals surface area (Å²) in [7, 11) is 0. The van der Waals surface area contributed by atoms with E-state index in [1.807, 2.05) is 36.4 Å². The second kappa shape index (κ2) is 8.89. The van der Waals surface area contributed by atoms with Crippen molar-refractivity contribution >= 4 is 17.6 Å². The number of nitrogens with zero attached hydrogens (tertiary/aromatic N) is 2. The van der Waals surface area contributed by atoms with Gasteiger partial charge in [-0.1, -0.05) is 35.7 Å². The average Bonchev–Trinajstić information content (AvgIpc) is 2.68. The first-order chi connectivity index (χ1) is 13.4. The highest BCUT2D eigenvalue weighted by Crippen LogP contribution is 2.30. The fraction of sp³-hybridized carbons (Fsp3) is 0.182. The molecule has 4 N–H and O–H groups in total. The minimum Gasteiger partial charge on any atom is -0.389 e. The van der Waals surface area contributed by atoms with E-state index in [-0.39, 0.29) is 0 Å². The van der Waals surface area contributed by atoms with Crippen LogP contribution in [0.25, 0.3) is 11.3 Å². The molecular formula is C22H21N3O2S. The van der Waals surface area contributed by atoms with E-state index in [9.17, 15) is 10.2 Å². The van der Waals surface area contributed by atoms with Gasteiger partial charge in [0.2, 0.25) is 0 Å². The van der Waals surface area contributed by atoms with Crippen molar-refractivity contribution in [1.82, 2.24) is 9.97 Å². The van der Waals surface area contributed by atoms with E-state index in [2.05, 4.69) is 21.8 Å². The lowest BCUT2D eigenvalue weighted by molar-refractivity contribution is 0.199. The minimum atomic E-state index is -0.740. The van der Waals surface area contributed by atoms with Crippen LogP contribution in [0.1, 0.15) is 31.1 Å². The highest BCUT2D eigenvalue weighted by atomic mass is 32.2. The Morgan fingerprint density at radius 1 is 0.964 bits per heavy atom. The molecule has 2 unspecified atom stereocenters. The smallest absolute Gasteiger partial charge is 0.123 e. The van der Waals surface area contributed by atoms with Crippen molar-refractivity contribution in [3.63, 3.8) is 0 Å². The fourth-order valence-corrected chi connectivity index (χ4v) is 3.27. The number of hydrogen-bond donors (Lipinski definition) is 3. The first kappa shape index (κ1) is 19.9. The monoisotopic (exact) mass is 391 g/mol. The minimum absolute atomic E-state index is 0.497. The largest absolute Gasteiger partial charge is 0.389 e. The molecule has 28 heavy (non-hydrogen) atoms. The number of anilines is 1. The number of aromatic nitrogens is 2. The standard InChI is InChI=1S/C22H21N3O2S/c1-14(26)3-4-17-11-18(15(2)27)12-25-22(17)16-5-7-19(8-6-16)28-20-9-10-21(23)24-13-20/h5-15,26-27H,1-2H3,(H2,23,24). The third-order valence-corrected chi connectivity index (χ3v) is 4.91. The molecule has 0 saturated heterocycles. The van der Waals surface area contributed by atoms with Crippen molar-refractivity contribution in [2.24, 2.45) is 0 Å². The molecule has 0 spiro atoms. The third kappa shape index (κ3) is 5.11. The SMILES string of the molecule is CC(O)C#Cc1cc(C(C)O)cnc1-c1ccc(Sc2ccc(N)nc2)cc1. The second-order valence-corrected chi connectivity index (χ2v) is 7.48. The number of aliphatic hydroxyl groups excluding tert-OH is 2. The van der Waals surface area contributed by atoms with Crippen molar-refractivity contribution in [3.05, 3.63) is 66.0 Å². The number of hydrogen-bond acceptors (Lipinski definition) is 6. The molecule has 2 aromatic heterocycles. The van der Waals surface area contributed by atoms with Crippen LogP contribution in [0.4, 0.5) is 5.82 Å². The van der Waals surface area contributed by atoms with Gasteiger partial charge in [0, 0.05) is 27.7 Å². The van der Waals surface area contributed by atoms with Crippen LogP contribution in [0.2, 0.25) is 0 Å². The third-order valence-electron chi connectivity index (χ3n) is 3.93. The van der Waals surface area contributed by atoms with Gasteiger partial charge in [-0.2, -0.15) is 0 Å². The van der Waals surface area contributed by atoms with Crippen LogP contribution >= 0.6 is 11.8 Å². The normalized spacial score (nSPS) is 12.7. The van der Waals surface area contributed by atoms with Crippen LogP contribution < -0.4 is 5.73 Å². The highest BCUT2D eigenvalue weighted by Gasteiger charge is 2.10. The van der Waals surface area contributed by atoms with Gasteiger partial charge >= 0.3 is 0 Å². The Morgan fingerprint density at radius 2 is 1.68 bits per heavy atom. The molecule has 0 aliphatic carbocycles. The van der Waals surface area contributed by atoms with Crippen molar-refractivity contribution in [1.29, 1.82) is 0 Å². The molecule has 0 saturated carbocycles. The lowest BCUT2D eigenvalue weighted by Crippen LogP contribution is -1.98. The molecule has 0 bridgehead atoms. The molecule has 6 heteroatoms. The summed E-state index contributed by atoms with van der Waals surface area (Å²) in [5.41, 5.74) is 8.59. The molecule has 0 amide bonds. The zero-order valence-electron chi connectivity index (χ0n) is 15.6. The van der Waals surface area contributed by atoms with E-state index < -0.39 is 12.2 Å². The van der Waals surface area contributed by atoms with Crippen LogP contribution in [0.3, 0.4) is 0 Å². The van der Waals surface area contributed by atoms with Crippen LogP contribution in [0.15, 0.2) is 64.6 Å². The number of nitrogen functional groups attached to an aromatic ring is 1. The van der Waals surface area contributed by atoms with Crippen molar-refractivity contribution in [2.75, 3.05) is 5.73 Å². The zero-order chi connectivity index (χ0) is 20.1. The molecule has 1 aromatic carbocycles. The summed E-state index contributed by atoms with van der Waals surface area (Å²) in [4.78, 5) is 10.7. The molecule has 0 radical (unpaired) electrons. The summed E-state index contributed by atoms with van der Waals surface area (Å²) in [6.07, 6.45) is 2.01. The molecule has 0 aliphatic heterocycles. The Labute approximate surface area is 168 Å². The van der Waals surface area contributed by atoms with Gasteiger partial charge in [0.25, 0.3) is 0 Å². The van der Waals surface area contributed by atoms with Crippen LogP contribution in [-0.2, 0) is 0 Å². The van der Waals surface area contributed by atoms with Crippen molar-refractivity contribution < 1.29 is 10.2 Å². The van der Waals surface area contributed by atoms with Gasteiger partial charge in [0.05, 0.1) is 17.4 Å². The first-order valence-corrected chi connectivity index (χ1v) is 9.61. The summed E-state index contributed by atoms with van der Waals surface area (Å²) in [6.45, 7) is 3.29. The second-order valence-electron chi connectivity index (χ2n) is 6.33. The Bertz CT molecular complexity index is 1000. The Morgan fingerprint density at radius 3 is 2.29 bits per heavy atom. The maximum atomic E-state index is 9.83. The first-order valence-electron chi connectivity index (χ1n) is 8.80. The van der Waals surface area contributed by atoms with Crippen LogP contribution in [0.5, 0.6) is 0 Å². The summed E-state index contributed by atoms with van der Waals surface area (Å²) in [5.74, 6) is 6.21. The van der Waals surface area contributed by atoms with E-state index in [1.54, 1.807) is 44.1 Å². The molecule has 2 heterocycles. The predicted molar refractivity (Wildman–Crippen MR) is 112 cm³/mol. The molecule has 2 atom stereocenters. The van der Waals surface area contributed by atoms with Crippen LogP contribution in [-0.4, -0.2) is 26.3 Å². The van der Waals surface area contributed by atoms with Gasteiger partial charge in [0.15, 0.2) is 0 Å². The Balaban J connectivity index is 1.90. The molecule has 0 fully saturated rings. The molecule has 0 aliphatic rings. The van der Waals surface area contributed by atoms with E-state index in [1.165, 1.54) is 0 Å². The van der Waals surface area contributed by atoms with Gasteiger partial charge in [-0.25, -0.2) is 4.98 Å². The highest BCUT2D eigenvalue weighted by molar-refractivity contribution is 7.99. The van der Waals surface area contributed by atoms with Gasteiger partial charge in [0.1, 0.15) is 11.9 Å². The maximum Gasteiger partial charge on any atom is 0.123 e. The molecule has 5 nitrogen and oxygen atoms in total. The number of benzene rings is 1. The summed E-state index contributed by atoms with van der Waals surface area (Å²) >= 11 is 1.59. The average molecular weight is 391 g/mol. The topological polar surface area (TPSA) is 92.3 Å². The van der Waals surface area contributed by atoms with Crippen molar-refractivity contribution in [3.8, 4) is 23.1 Å². The van der Waals surface area contributed by atoms with E-state index in [0.29, 0.717) is 22.6 Å². The predicted octanol–water partition coefficient (Wildman–Crippen LogP) is 3.66. The number of nitrogens with two attached hydrogens (primary N) is 1. The van der Waals surface area contributed by atoms with Crippen LogP contribution in [0, 0.1) is 11.8 Å². The molecule has 3 rings (SSSR count). The zero-order valence-corrected chi connectivity index (χ0v) is 16.4. The van der Waals surface area contributed by atoms with Gasteiger partial charge in [-0.05, 0) is 49.7 Å². The summed E-state index contributed by atoms with van der Waals surface area (Å²) < 4.78 is 0. The number of aliphatic hydroxyl groups is 2. The van der Waals surface area contributed by atoms with E-state index in [4.69, 9.17) is 5.73 Å². The Kier molecular flexibility index (Phi) is 6.32. The quantitative estimate of drug-likeness (QED) is 0.588. The van der Waals surface area contributed by atoms with E-state index in [0.717, 1.165) is 15.4 Å². The lowest BCUT2D eigenvalue weighted by Gasteiger charge is -2.10. The fourth-order valence-electron chi connectivity index (χ4n) is 2.49. The maximum absolute atomic E-state index is 9.83. The van der Waals surface area contributed by atoms with Gasteiger partial charge < -0.3 is 15.9 Å². The Hall–Kier alpha value is -2.85. The van der Waals surface area contributed by atoms with Crippen molar-refractivity contribution in [2.45, 2.75) is 35.8 Å². The van der Waals surface area contributed by atoms with E-state index >= 15 is 0 Å². The number of rotatable bonds is 4. The lowest BCUT2D eigenvalue weighted by atomic mass is 10.0. The van der Waals surface area contributed by atoms with Gasteiger partial charge in [-0.15, -0.1) is 0 Å². The number of pyridine rings is 2. The summed E-state index contributed by atoms with van der Waals surface area (Å²) in [6, 6.07) is 13.5. The summed E-state index contributed by atoms with van der Waals surface area (Å²) in [5, 5.41) is 19.3. The molecular weight excluding hydrogens is 370 g/mol. The molecule has 142 valence electrons. The molecule has 3 aromatic rings. The van der Waals surface area contributed by atoms with Gasteiger partial charge in [-0.3, -0.25) is 4.98 Å².